The Kier molecular flexibility index (Phi) is 6.60. The second-order valence-corrected chi connectivity index (χ2v) is 11.0. The van der Waals surface area contributed by atoms with E-state index >= 15 is 0 Å². The van der Waals surface area contributed by atoms with Crippen LogP contribution in [0.2, 0.25) is 0 Å². The third kappa shape index (κ3) is 4.40. The number of rotatable bonds is 9. The number of carbonyl (C=O) groups excluding carboxylic acids is 1. The van der Waals surface area contributed by atoms with Gasteiger partial charge < -0.3 is 4.57 Å². The highest BCUT2D eigenvalue weighted by Gasteiger charge is 2.32. The number of sulfonamides is 1. The topological polar surface area (TPSA) is 85.2 Å². The lowest BCUT2D eigenvalue weighted by molar-refractivity contribution is 0.104. The molecular weight excluding hydrogens is 472 g/mol. The van der Waals surface area contributed by atoms with E-state index in [2.05, 4.69) is 4.72 Å². The van der Waals surface area contributed by atoms with Gasteiger partial charge in [0.15, 0.2) is 5.78 Å². The van der Waals surface area contributed by atoms with Gasteiger partial charge in [-0.3, -0.25) is 9.59 Å². The van der Waals surface area contributed by atoms with Crippen LogP contribution in [0.3, 0.4) is 0 Å². The molecule has 1 aromatic heterocycles. The second kappa shape index (κ2) is 9.84. The van der Waals surface area contributed by atoms with Crippen molar-refractivity contribution in [2.45, 2.75) is 44.0 Å². The van der Waals surface area contributed by atoms with Crippen molar-refractivity contribution in [3.8, 4) is 11.3 Å². The first-order valence-electron chi connectivity index (χ1n) is 12.2. The summed E-state index contributed by atoms with van der Waals surface area (Å²) in [5.41, 5.74) is 3.59. The van der Waals surface area contributed by atoms with Gasteiger partial charge in [0, 0.05) is 35.0 Å². The number of pyridine rings is 1. The van der Waals surface area contributed by atoms with E-state index in [0.717, 1.165) is 30.4 Å². The van der Waals surface area contributed by atoms with Crippen LogP contribution in [0.25, 0.3) is 22.0 Å². The molecule has 3 aromatic carbocycles. The Morgan fingerprint density at radius 1 is 0.778 bits per heavy atom. The molecule has 0 saturated heterocycles. The minimum Gasteiger partial charge on any atom is -0.307 e. The molecule has 184 valence electrons. The fourth-order valence-corrected chi connectivity index (χ4v) is 6.14. The summed E-state index contributed by atoms with van der Waals surface area (Å²) in [5, 5.41) is 1.26. The first-order valence-corrected chi connectivity index (χ1v) is 13.7. The molecule has 5 rings (SSSR count). The highest BCUT2D eigenvalue weighted by molar-refractivity contribution is 7.89. The summed E-state index contributed by atoms with van der Waals surface area (Å²) >= 11 is 0. The average molecular weight is 501 g/mol. The van der Waals surface area contributed by atoms with E-state index in [-0.39, 0.29) is 16.2 Å². The summed E-state index contributed by atoms with van der Waals surface area (Å²) in [6.07, 6.45) is 3.13. The number of aryl methyl sites for hydroxylation is 1. The summed E-state index contributed by atoms with van der Waals surface area (Å²) in [6.45, 7) is 2.73. The number of ketones is 1. The molecule has 0 spiro atoms. The van der Waals surface area contributed by atoms with Crippen molar-refractivity contribution >= 4 is 26.6 Å². The second-order valence-electron chi connectivity index (χ2n) is 9.23. The summed E-state index contributed by atoms with van der Waals surface area (Å²) in [4.78, 5) is 26.9. The van der Waals surface area contributed by atoms with Crippen LogP contribution in [0, 0.1) is 6.92 Å². The first-order chi connectivity index (χ1) is 17.4. The van der Waals surface area contributed by atoms with Crippen LogP contribution in [0.5, 0.6) is 0 Å². The number of benzene rings is 3. The fourth-order valence-electron chi connectivity index (χ4n) is 4.96. The summed E-state index contributed by atoms with van der Waals surface area (Å²) in [7, 11) is -3.51. The van der Waals surface area contributed by atoms with Crippen molar-refractivity contribution in [1.82, 2.24) is 9.29 Å². The molecule has 7 heteroatoms. The monoisotopic (exact) mass is 500 g/mol. The van der Waals surface area contributed by atoms with Gasteiger partial charge in [-0.15, -0.1) is 0 Å². The Morgan fingerprint density at radius 3 is 2.25 bits per heavy atom. The highest BCUT2D eigenvalue weighted by atomic mass is 32.2. The van der Waals surface area contributed by atoms with Crippen LogP contribution in [0.1, 0.15) is 47.2 Å². The predicted molar refractivity (Wildman–Crippen MR) is 142 cm³/mol. The number of nitrogens with zero attached hydrogens (tertiary/aromatic N) is 1. The minimum atomic E-state index is -3.51. The van der Waals surface area contributed by atoms with Crippen molar-refractivity contribution in [2.24, 2.45) is 0 Å². The highest BCUT2D eigenvalue weighted by Crippen LogP contribution is 2.39. The number of aromatic nitrogens is 1. The molecule has 0 saturated carbocycles. The Bertz CT molecular complexity index is 1640. The lowest BCUT2D eigenvalue weighted by Gasteiger charge is -2.15. The van der Waals surface area contributed by atoms with Crippen molar-refractivity contribution < 1.29 is 13.2 Å². The lowest BCUT2D eigenvalue weighted by atomic mass is 10.0. The van der Waals surface area contributed by atoms with Crippen molar-refractivity contribution in [3.63, 3.8) is 0 Å². The van der Waals surface area contributed by atoms with Gasteiger partial charge in [-0.2, -0.15) is 0 Å². The summed E-state index contributed by atoms with van der Waals surface area (Å²) in [6, 6.07) is 21.6. The number of carbonyl (C=O) groups is 1. The Morgan fingerprint density at radius 2 is 1.47 bits per heavy atom. The Balaban J connectivity index is 1.26. The van der Waals surface area contributed by atoms with Gasteiger partial charge >= 0.3 is 0 Å². The van der Waals surface area contributed by atoms with Crippen LogP contribution in [-0.4, -0.2) is 25.3 Å². The first kappa shape index (κ1) is 24.2. The lowest BCUT2D eigenvalue weighted by Crippen LogP contribution is -2.25. The third-order valence-electron chi connectivity index (χ3n) is 6.73. The molecule has 4 aromatic rings. The number of fused-ring (bicyclic) bond motifs is 5. The van der Waals surface area contributed by atoms with Gasteiger partial charge in [0.05, 0.1) is 16.2 Å². The number of hydrogen-bond donors (Lipinski definition) is 1. The van der Waals surface area contributed by atoms with E-state index in [1.54, 1.807) is 28.8 Å². The van der Waals surface area contributed by atoms with Crippen LogP contribution in [-0.2, 0) is 16.6 Å². The molecule has 0 fully saturated rings. The van der Waals surface area contributed by atoms with E-state index in [4.69, 9.17) is 0 Å². The fraction of sp³-hybridized carbons (Fsp3) is 0.241. The molecule has 0 radical (unpaired) electrons. The van der Waals surface area contributed by atoms with Crippen molar-refractivity contribution in [1.29, 1.82) is 0 Å². The SMILES string of the molecule is Cc1cccc(S(=O)(=O)NCCCCCCn2c3c(c4ccccc4c2=O)C(=O)c2ccccc2-3)c1. The molecule has 0 unspecified atom stereocenters. The summed E-state index contributed by atoms with van der Waals surface area (Å²) < 4.78 is 29.3. The zero-order chi connectivity index (χ0) is 25.3. The molecule has 36 heavy (non-hydrogen) atoms. The molecule has 0 bridgehead atoms. The van der Waals surface area contributed by atoms with Gasteiger partial charge in [-0.1, -0.05) is 67.4 Å². The zero-order valence-electron chi connectivity index (χ0n) is 20.2. The smallest absolute Gasteiger partial charge is 0.258 e. The van der Waals surface area contributed by atoms with Gasteiger partial charge in [0.2, 0.25) is 10.0 Å². The molecule has 6 nitrogen and oxygen atoms in total. The van der Waals surface area contributed by atoms with E-state index in [1.807, 2.05) is 55.5 Å². The van der Waals surface area contributed by atoms with E-state index < -0.39 is 10.0 Å². The molecule has 1 aliphatic carbocycles. The molecule has 1 aliphatic rings. The summed E-state index contributed by atoms with van der Waals surface area (Å²) in [5.74, 6) is -0.0357. The van der Waals surface area contributed by atoms with E-state index in [9.17, 15) is 18.0 Å². The maximum atomic E-state index is 13.4. The van der Waals surface area contributed by atoms with Gasteiger partial charge in [-0.25, -0.2) is 13.1 Å². The Hall–Kier alpha value is -3.55. The maximum absolute atomic E-state index is 13.4. The maximum Gasteiger partial charge on any atom is 0.258 e. The van der Waals surface area contributed by atoms with Crippen molar-refractivity contribution in [2.75, 3.05) is 6.54 Å². The molecular formula is C29H28N2O4S. The van der Waals surface area contributed by atoms with Crippen LogP contribution < -0.4 is 10.3 Å². The van der Waals surface area contributed by atoms with Gasteiger partial charge in [0.1, 0.15) is 0 Å². The van der Waals surface area contributed by atoms with Crippen LogP contribution in [0.4, 0.5) is 0 Å². The predicted octanol–water partition coefficient (Wildman–Crippen LogP) is 5.06. The average Bonchev–Trinajstić information content (AvgIpc) is 3.18. The molecule has 0 aliphatic heterocycles. The quantitative estimate of drug-likeness (QED) is 0.287. The molecule has 1 heterocycles. The molecule has 1 N–H and O–H groups in total. The zero-order valence-corrected chi connectivity index (χ0v) is 21.0. The minimum absolute atomic E-state index is 0.0357. The van der Waals surface area contributed by atoms with Crippen LogP contribution >= 0.6 is 0 Å². The molecule has 0 atom stereocenters. The number of nitrogens with one attached hydrogen (secondary N) is 1. The normalized spacial score (nSPS) is 12.6. The third-order valence-corrected chi connectivity index (χ3v) is 8.19. The van der Waals surface area contributed by atoms with E-state index in [1.165, 1.54) is 0 Å². The number of hydrogen-bond acceptors (Lipinski definition) is 4. The van der Waals surface area contributed by atoms with Crippen LogP contribution in [0.15, 0.2) is 82.5 Å². The largest absolute Gasteiger partial charge is 0.307 e. The Labute approximate surface area is 210 Å². The van der Waals surface area contributed by atoms with Crippen molar-refractivity contribution in [3.05, 3.63) is 99.8 Å². The van der Waals surface area contributed by atoms with E-state index in [0.29, 0.717) is 47.1 Å². The van der Waals surface area contributed by atoms with Gasteiger partial charge in [-0.05, 0) is 43.5 Å². The van der Waals surface area contributed by atoms with Gasteiger partial charge in [0.25, 0.3) is 5.56 Å². The standard InChI is InChI=1S/C29H28N2O4S/c1-20-11-10-12-21(19-20)36(34,35)30-17-8-2-3-9-18-31-27-23-14-5-6-15-24(23)28(32)26(27)22-13-4-7-16-25(22)29(31)33/h4-7,10-16,19,30H,2-3,8-9,17-18H2,1H3. The molecule has 0 amide bonds. The number of unbranched alkanes of at least 4 members (excludes halogenated alkanes) is 3.